The highest BCUT2D eigenvalue weighted by Gasteiger charge is 2.15. The summed E-state index contributed by atoms with van der Waals surface area (Å²) in [4.78, 5) is 0. The number of hydrogen-bond donors (Lipinski definition) is 2. The standard InChI is InChI=1S/C6H10N2O3S/c1-8-12(9,10)6-3-2-5(4-7)11-6/h2-3,8H,4,7H2,1H3. The Bertz CT molecular complexity index is 355. The zero-order valence-electron chi connectivity index (χ0n) is 6.57. The van der Waals surface area contributed by atoms with Gasteiger partial charge in [-0.25, -0.2) is 13.1 Å². The average molecular weight is 190 g/mol. The predicted octanol–water partition coefficient (Wildman–Crippen LogP) is -0.354. The van der Waals surface area contributed by atoms with Crippen LogP contribution in [0.2, 0.25) is 0 Å². The van der Waals surface area contributed by atoms with Gasteiger partial charge in [0, 0.05) is 0 Å². The summed E-state index contributed by atoms with van der Waals surface area (Å²) in [6, 6.07) is 2.90. The molecule has 68 valence electrons. The van der Waals surface area contributed by atoms with Gasteiger partial charge < -0.3 is 10.2 Å². The number of rotatable bonds is 3. The molecular weight excluding hydrogens is 180 g/mol. The van der Waals surface area contributed by atoms with E-state index in [1.165, 1.54) is 19.2 Å². The Kier molecular flexibility index (Phi) is 2.51. The van der Waals surface area contributed by atoms with E-state index in [-0.39, 0.29) is 11.6 Å². The highest BCUT2D eigenvalue weighted by atomic mass is 32.2. The molecule has 1 heterocycles. The molecule has 0 aliphatic carbocycles. The second-order valence-electron chi connectivity index (χ2n) is 2.13. The molecule has 12 heavy (non-hydrogen) atoms. The predicted molar refractivity (Wildman–Crippen MR) is 42.8 cm³/mol. The van der Waals surface area contributed by atoms with Crippen LogP contribution in [0.5, 0.6) is 0 Å². The molecule has 0 radical (unpaired) electrons. The molecule has 0 bridgehead atoms. The average Bonchev–Trinajstić information content (AvgIpc) is 2.52. The minimum Gasteiger partial charge on any atom is -0.447 e. The first kappa shape index (κ1) is 9.24. The van der Waals surface area contributed by atoms with Crippen LogP contribution in [0.15, 0.2) is 21.6 Å². The van der Waals surface area contributed by atoms with E-state index in [0.29, 0.717) is 5.76 Å². The van der Waals surface area contributed by atoms with Crippen molar-refractivity contribution >= 4 is 10.0 Å². The number of nitrogens with two attached hydrogens (primary N) is 1. The van der Waals surface area contributed by atoms with Gasteiger partial charge in [-0.3, -0.25) is 0 Å². The molecule has 5 nitrogen and oxygen atoms in total. The lowest BCUT2D eigenvalue weighted by Gasteiger charge is -1.95. The van der Waals surface area contributed by atoms with Crippen LogP contribution in [0, 0.1) is 0 Å². The van der Waals surface area contributed by atoms with E-state index in [2.05, 4.69) is 4.72 Å². The number of furan rings is 1. The third-order valence-electron chi connectivity index (χ3n) is 1.37. The largest absolute Gasteiger partial charge is 0.447 e. The second-order valence-corrected chi connectivity index (χ2v) is 3.95. The smallest absolute Gasteiger partial charge is 0.273 e. The van der Waals surface area contributed by atoms with Crippen molar-refractivity contribution in [1.82, 2.24) is 4.72 Å². The minimum atomic E-state index is -3.46. The van der Waals surface area contributed by atoms with Crippen LogP contribution in [0.3, 0.4) is 0 Å². The monoisotopic (exact) mass is 190 g/mol. The van der Waals surface area contributed by atoms with Gasteiger partial charge in [0.1, 0.15) is 5.76 Å². The molecule has 1 aromatic rings. The van der Waals surface area contributed by atoms with E-state index in [9.17, 15) is 8.42 Å². The van der Waals surface area contributed by atoms with Gasteiger partial charge in [-0.2, -0.15) is 0 Å². The van der Waals surface area contributed by atoms with Gasteiger partial charge in [0.2, 0.25) is 5.09 Å². The molecule has 0 spiro atoms. The van der Waals surface area contributed by atoms with Gasteiger partial charge >= 0.3 is 0 Å². The molecule has 0 aliphatic rings. The van der Waals surface area contributed by atoms with Gasteiger partial charge in [-0.1, -0.05) is 0 Å². The summed E-state index contributed by atoms with van der Waals surface area (Å²) in [5.41, 5.74) is 5.24. The molecule has 0 atom stereocenters. The van der Waals surface area contributed by atoms with E-state index in [1.54, 1.807) is 0 Å². The lowest BCUT2D eigenvalue weighted by atomic mass is 10.5. The Morgan fingerprint density at radius 2 is 2.25 bits per heavy atom. The molecule has 1 rings (SSSR count). The Balaban J connectivity index is 3.05. The quantitative estimate of drug-likeness (QED) is 0.682. The van der Waals surface area contributed by atoms with Crippen LogP contribution in [-0.2, 0) is 16.6 Å². The molecule has 0 amide bonds. The van der Waals surface area contributed by atoms with Gasteiger partial charge in [0.05, 0.1) is 6.54 Å². The van der Waals surface area contributed by atoms with Crippen molar-refractivity contribution in [3.05, 3.63) is 17.9 Å². The highest BCUT2D eigenvalue weighted by molar-refractivity contribution is 7.89. The molecule has 0 aliphatic heterocycles. The van der Waals surface area contributed by atoms with Crippen LogP contribution in [0.1, 0.15) is 5.76 Å². The fraction of sp³-hybridized carbons (Fsp3) is 0.333. The number of nitrogens with one attached hydrogen (secondary N) is 1. The topological polar surface area (TPSA) is 85.3 Å². The maximum atomic E-state index is 11.1. The Morgan fingerprint density at radius 3 is 2.67 bits per heavy atom. The van der Waals surface area contributed by atoms with Crippen molar-refractivity contribution in [1.29, 1.82) is 0 Å². The molecule has 0 unspecified atom stereocenters. The lowest BCUT2D eigenvalue weighted by Crippen LogP contribution is -2.17. The van der Waals surface area contributed by atoms with Gasteiger partial charge in [0.15, 0.2) is 0 Å². The first-order valence-electron chi connectivity index (χ1n) is 3.32. The van der Waals surface area contributed by atoms with Gasteiger partial charge in [-0.15, -0.1) is 0 Å². The van der Waals surface area contributed by atoms with Crippen LogP contribution >= 0.6 is 0 Å². The molecule has 0 aromatic carbocycles. The normalized spacial score (nSPS) is 11.8. The zero-order valence-corrected chi connectivity index (χ0v) is 7.39. The SMILES string of the molecule is CNS(=O)(=O)c1ccc(CN)o1. The second kappa shape index (κ2) is 3.26. The van der Waals surface area contributed by atoms with Crippen molar-refractivity contribution in [2.24, 2.45) is 5.73 Å². The first-order chi connectivity index (χ1) is 5.60. The maximum absolute atomic E-state index is 11.1. The maximum Gasteiger partial charge on any atom is 0.273 e. The van der Waals surface area contributed by atoms with Gasteiger partial charge in [-0.05, 0) is 19.2 Å². The number of sulfonamides is 1. The van der Waals surface area contributed by atoms with Crippen LogP contribution in [0.4, 0.5) is 0 Å². The Morgan fingerprint density at radius 1 is 1.58 bits per heavy atom. The lowest BCUT2D eigenvalue weighted by molar-refractivity contribution is 0.414. The van der Waals surface area contributed by atoms with Crippen molar-refractivity contribution in [3.8, 4) is 0 Å². The van der Waals surface area contributed by atoms with E-state index in [1.807, 2.05) is 0 Å². The van der Waals surface area contributed by atoms with Crippen LogP contribution in [0.25, 0.3) is 0 Å². The Hall–Kier alpha value is -0.850. The molecule has 0 saturated heterocycles. The summed E-state index contributed by atoms with van der Waals surface area (Å²) in [7, 11) is -2.14. The van der Waals surface area contributed by atoms with Crippen molar-refractivity contribution < 1.29 is 12.8 Å². The van der Waals surface area contributed by atoms with Crippen LogP contribution < -0.4 is 10.5 Å². The van der Waals surface area contributed by atoms with Crippen molar-refractivity contribution in [3.63, 3.8) is 0 Å². The molecular formula is C6H10N2O3S. The minimum absolute atomic E-state index is 0.106. The summed E-state index contributed by atoms with van der Waals surface area (Å²) in [5, 5.41) is -0.106. The fourth-order valence-corrected chi connectivity index (χ4v) is 1.38. The van der Waals surface area contributed by atoms with E-state index < -0.39 is 10.0 Å². The number of hydrogen-bond acceptors (Lipinski definition) is 4. The molecule has 1 aromatic heterocycles. The van der Waals surface area contributed by atoms with Crippen molar-refractivity contribution in [2.75, 3.05) is 7.05 Å². The van der Waals surface area contributed by atoms with Crippen LogP contribution in [-0.4, -0.2) is 15.5 Å². The molecule has 0 saturated carbocycles. The molecule has 3 N–H and O–H groups in total. The summed E-state index contributed by atoms with van der Waals surface area (Å²) >= 11 is 0. The van der Waals surface area contributed by atoms with Crippen molar-refractivity contribution in [2.45, 2.75) is 11.6 Å². The van der Waals surface area contributed by atoms with E-state index >= 15 is 0 Å². The summed E-state index contributed by atoms with van der Waals surface area (Å²) in [5.74, 6) is 0.448. The summed E-state index contributed by atoms with van der Waals surface area (Å²) in [6.07, 6.45) is 0. The molecule has 6 heteroatoms. The Labute approximate surface area is 70.6 Å². The summed E-state index contributed by atoms with van der Waals surface area (Å²) in [6.45, 7) is 0.194. The molecule has 0 fully saturated rings. The third kappa shape index (κ3) is 1.66. The summed E-state index contributed by atoms with van der Waals surface area (Å²) < 4.78 is 29.2. The third-order valence-corrected chi connectivity index (χ3v) is 2.66. The first-order valence-corrected chi connectivity index (χ1v) is 4.81. The van der Waals surface area contributed by atoms with Gasteiger partial charge in [0.25, 0.3) is 10.0 Å². The highest BCUT2D eigenvalue weighted by Crippen LogP contribution is 2.12. The van der Waals surface area contributed by atoms with E-state index in [0.717, 1.165) is 0 Å². The fourth-order valence-electron chi connectivity index (χ4n) is 0.713. The zero-order chi connectivity index (χ0) is 9.19. The van der Waals surface area contributed by atoms with E-state index in [4.69, 9.17) is 10.2 Å².